The number of hydrogen-bond donors (Lipinski definition) is 1. The molecule has 6 nitrogen and oxygen atoms in total. The lowest BCUT2D eigenvalue weighted by Gasteiger charge is -2.14. The van der Waals surface area contributed by atoms with Gasteiger partial charge in [0.15, 0.2) is 11.4 Å². The van der Waals surface area contributed by atoms with Crippen molar-refractivity contribution < 1.29 is 19.1 Å². The number of carbonyl (C=O) groups excluding carboxylic acids is 2. The molecule has 2 aliphatic rings. The Hall–Kier alpha value is -2.11. The van der Waals surface area contributed by atoms with Crippen molar-refractivity contribution in [2.45, 2.75) is 51.4 Å². The number of pyridine rings is 1. The maximum absolute atomic E-state index is 12.6. The van der Waals surface area contributed by atoms with Gasteiger partial charge in [-0.2, -0.15) is 0 Å². The van der Waals surface area contributed by atoms with E-state index in [0.717, 1.165) is 5.56 Å². The second kappa shape index (κ2) is 8.52. The Morgan fingerprint density at radius 1 is 1.31 bits per heavy atom. The van der Waals surface area contributed by atoms with Gasteiger partial charge in [0, 0.05) is 12.7 Å². The van der Waals surface area contributed by atoms with Gasteiger partial charge in [-0.05, 0) is 62.0 Å². The Balaban J connectivity index is 1.60. The van der Waals surface area contributed by atoms with Crippen molar-refractivity contribution in [3.63, 3.8) is 0 Å². The summed E-state index contributed by atoms with van der Waals surface area (Å²) < 4.78 is 10.7. The molecule has 0 spiro atoms. The molecule has 1 amide bonds. The molecule has 0 saturated heterocycles. The zero-order valence-electron chi connectivity index (χ0n) is 15.6. The monoisotopic (exact) mass is 360 g/mol. The summed E-state index contributed by atoms with van der Waals surface area (Å²) in [6.45, 7) is 2.99. The molecule has 1 unspecified atom stereocenters. The summed E-state index contributed by atoms with van der Waals surface area (Å²) >= 11 is 0. The number of amides is 1. The first-order valence-corrected chi connectivity index (χ1v) is 9.61. The van der Waals surface area contributed by atoms with Crippen molar-refractivity contribution in [2.24, 2.45) is 11.8 Å². The van der Waals surface area contributed by atoms with Crippen molar-refractivity contribution in [1.29, 1.82) is 0 Å². The van der Waals surface area contributed by atoms with Crippen LogP contribution in [0, 0.1) is 11.8 Å². The van der Waals surface area contributed by atoms with Gasteiger partial charge >= 0.3 is 5.97 Å². The summed E-state index contributed by atoms with van der Waals surface area (Å²) in [5.41, 5.74) is 1.49. The highest BCUT2D eigenvalue weighted by atomic mass is 16.5. The van der Waals surface area contributed by atoms with Crippen LogP contribution in [0.3, 0.4) is 0 Å². The second-order valence-corrected chi connectivity index (χ2v) is 7.32. The van der Waals surface area contributed by atoms with Gasteiger partial charge in [0.25, 0.3) is 5.91 Å². The Morgan fingerprint density at radius 3 is 2.69 bits per heavy atom. The molecule has 0 aromatic carbocycles. The maximum atomic E-state index is 12.6. The van der Waals surface area contributed by atoms with Crippen molar-refractivity contribution >= 4 is 11.9 Å². The molecule has 26 heavy (non-hydrogen) atoms. The Bertz CT molecular complexity index is 653. The molecule has 0 bridgehead atoms. The van der Waals surface area contributed by atoms with Crippen molar-refractivity contribution in [3.05, 3.63) is 23.5 Å². The molecular weight excluding hydrogens is 332 g/mol. The SMILES string of the molecule is CCC(CCNC(=O)c1ncc(C2CC2)cc1OCC1CC1)C(=O)OC. The van der Waals surface area contributed by atoms with Gasteiger partial charge in [0.2, 0.25) is 0 Å². The largest absolute Gasteiger partial charge is 0.491 e. The van der Waals surface area contributed by atoms with Crippen LogP contribution in [0.4, 0.5) is 0 Å². The van der Waals surface area contributed by atoms with Crippen LogP contribution in [0.25, 0.3) is 0 Å². The molecule has 0 radical (unpaired) electrons. The minimum atomic E-state index is -0.252. The lowest BCUT2D eigenvalue weighted by atomic mass is 10.0. The van der Waals surface area contributed by atoms with E-state index in [2.05, 4.69) is 10.3 Å². The number of rotatable bonds is 10. The highest BCUT2D eigenvalue weighted by Gasteiger charge is 2.28. The fourth-order valence-electron chi connectivity index (χ4n) is 2.97. The third kappa shape index (κ3) is 4.96. The van der Waals surface area contributed by atoms with Crippen LogP contribution in [0.5, 0.6) is 5.75 Å². The van der Waals surface area contributed by atoms with Crippen LogP contribution >= 0.6 is 0 Å². The number of aromatic nitrogens is 1. The Kier molecular flexibility index (Phi) is 6.12. The van der Waals surface area contributed by atoms with Gasteiger partial charge in [-0.3, -0.25) is 9.59 Å². The number of methoxy groups -OCH3 is 1. The highest BCUT2D eigenvalue weighted by molar-refractivity contribution is 5.95. The number of carbonyl (C=O) groups is 2. The smallest absolute Gasteiger partial charge is 0.308 e. The van der Waals surface area contributed by atoms with Gasteiger partial charge in [-0.15, -0.1) is 0 Å². The molecule has 2 fully saturated rings. The summed E-state index contributed by atoms with van der Waals surface area (Å²) in [6, 6.07) is 1.98. The van der Waals surface area contributed by atoms with Crippen LogP contribution in [-0.2, 0) is 9.53 Å². The summed E-state index contributed by atoms with van der Waals surface area (Å²) in [5, 5.41) is 2.86. The van der Waals surface area contributed by atoms with Crippen LogP contribution < -0.4 is 10.1 Å². The van der Waals surface area contributed by atoms with Crippen LogP contribution in [-0.4, -0.2) is 37.1 Å². The summed E-state index contributed by atoms with van der Waals surface area (Å²) in [7, 11) is 1.39. The molecule has 1 N–H and O–H groups in total. The number of nitrogens with one attached hydrogen (secondary N) is 1. The second-order valence-electron chi connectivity index (χ2n) is 7.32. The van der Waals surface area contributed by atoms with Crippen LogP contribution in [0.15, 0.2) is 12.3 Å². The van der Waals surface area contributed by atoms with E-state index < -0.39 is 0 Å². The molecule has 1 atom stereocenters. The van der Waals surface area contributed by atoms with Gasteiger partial charge in [-0.1, -0.05) is 6.92 Å². The van der Waals surface area contributed by atoms with Gasteiger partial charge in [0.1, 0.15) is 0 Å². The van der Waals surface area contributed by atoms with E-state index in [4.69, 9.17) is 9.47 Å². The fraction of sp³-hybridized carbons (Fsp3) is 0.650. The number of hydrogen-bond acceptors (Lipinski definition) is 5. The normalized spacial score (nSPS) is 17.5. The third-order valence-corrected chi connectivity index (χ3v) is 5.11. The molecule has 1 heterocycles. The molecule has 0 aliphatic heterocycles. The van der Waals surface area contributed by atoms with Gasteiger partial charge in [0.05, 0.1) is 19.6 Å². The molecule has 1 aromatic rings. The minimum Gasteiger partial charge on any atom is -0.491 e. The van der Waals surface area contributed by atoms with E-state index in [1.807, 2.05) is 13.0 Å². The first-order valence-electron chi connectivity index (χ1n) is 9.61. The predicted octanol–water partition coefficient (Wildman–Crippen LogP) is 3.07. The topological polar surface area (TPSA) is 77.5 Å². The highest BCUT2D eigenvalue weighted by Crippen LogP contribution is 2.41. The van der Waals surface area contributed by atoms with E-state index in [1.165, 1.54) is 32.8 Å². The summed E-state index contributed by atoms with van der Waals surface area (Å²) in [4.78, 5) is 28.6. The fourth-order valence-corrected chi connectivity index (χ4v) is 2.97. The first-order chi connectivity index (χ1) is 12.6. The van der Waals surface area contributed by atoms with Crippen LogP contribution in [0.1, 0.15) is 67.4 Å². The quantitative estimate of drug-likeness (QED) is 0.649. The lowest BCUT2D eigenvalue weighted by molar-refractivity contribution is -0.145. The maximum Gasteiger partial charge on any atom is 0.308 e. The molecule has 142 valence electrons. The molecule has 2 aliphatic carbocycles. The van der Waals surface area contributed by atoms with E-state index in [0.29, 0.717) is 49.3 Å². The Morgan fingerprint density at radius 2 is 2.08 bits per heavy atom. The van der Waals surface area contributed by atoms with Crippen molar-refractivity contribution in [2.75, 3.05) is 20.3 Å². The predicted molar refractivity (Wildman–Crippen MR) is 97.2 cm³/mol. The van der Waals surface area contributed by atoms with Crippen molar-refractivity contribution in [1.82, 2.24) is 10.3 Å². The Labute approximate surface area is 154 Å². The number of esters is 1. The number of nitrogens with zero attached hydrogens (tertiary/aromatic N) is 1. The molecule has 2 saturated carbocycles. The van der Waals surface area contributed by atoms with Crippen molar-refractivity contribution in [3.8, 4) is 5.75 Å². The summed E-state index contributed by atoms with van der Waals surface area (Å²) in [6.07, 6.45) is 7.79. The van der Waals surface area contributed by atoms with Crippen LogP contribution in [0.2, 0.25) is 0 Å². The molecular formula is C20H28N2O4. The molecule has 1 aromatic heterocycles. The first kappa shape index (κ1) is 18.7. The van der Waals surface area contributed by atoms with E-state index >= 15 is 0 Å². The van der Waals surface area contributed by atoms with E-state index in [1.54, 1.807) is 6.20 Å². The van der Waals surface area contributed by atoms with E-state index in [-0.39, 0.29) is 17.8 Å². The van der Waals surface area contributed by atoms with Gasteiger partial charge in [-0.25, -0.2) is 4.98 Å². The average molecular weight is 360 g/mol. The van der Waals surface area contributed by atoms with E-state index in [9.17, 15) is 9.59 Å². The van der Waals surface area contributed by atoms with Gasteiger partial charge < -0.3 is 14.8 Å². The molecule has 6 heteroatoms. The standard InChI is InChI=1S/C20H28N2O4/c1-3-14(20(24)25-2)8-9-21-19(23)18-17(26-12-13-4-5-13)10-16(11-22-18)15-6-7-15/h10-11,13-15H,3-9,12H2,1-2H3,(H,21,23). The zero-order valence-corrected chi connectivity index (χ0v) is 15.6. The lowest BCUT2D eigenvalue weighted by Crippen LogP contribution is -2.29. The minimum absolute atomic E-state index is 0.198. The summed E-state index contributed by atoms with van der Waals surface area (Å²) in [5.74, 6) is 1.07. The third-order valence-electron chi connectivity index (χ3n) is 5.11. The molecule has 3 rings (SSSR count). The zero-order chi connectivity index (χ0) is 18.5. The number of ether oxygens (including phenoxy) is 2. The average Bonchev–Trinajstić information content (AvgIpc) is 3.56.